The molecule has 3 aromatic rings. The number of nitrogens with zero attached hydrogens (tertiary/aromatic N) is 2. The van der Waals surface area contributed by atoms with Gasteiger partial charge in [0.15, 0.2) is 0 Å². The Hall–Kier alpha value is -2.92. The van der Waals surface area contributed by atoms with Crippen LogP contribution in [0.15, 0.2) is 61.3 Å². The van der Waals surface area contributed by atoms with Crippen molar-refractivity contribution in [2.45, 2.75) is 18.9 Å². The molecular weight excluding hydrogens is 389 g/mol. The van der Waals surface area contributed by atoms with Crippen LogP contribution in [0.4, 0.5) is 10.1 Å². The molecule has 2 heterocycles. The number of nitrogens with one attached hydrogen (secondary N) is 1. The van der Waals surface area contributed by atoms with E-state index in [1.54, 1.807) is 4.90 Å². The Kier molecular flexibility index (Phi) is 5.01. The minimum absolute atomic E-state index is 0.0935. The first-order chi connectivity index (χ1) is 13.9. The molecule has 0 radical (unpaired) electrons. The number of hydrogen-bond donors (Lipinski definition) is 1. The maximum absolute atomic E-state index is 13.4. The predicted molar refractivity (Wildman–Crippen MR) is 115 cm³/mol. The van der Waals surface area contributed by atoms with Crippen LogP contribution < -0.4 is 5.32 Å². The molecule has 0 aliphatic carbocycles. The Morgan fingerprint density at radius 2 is 2.17 bits per heavy atom. The highest BCUT2D eigenvalue weighted by Gasteiger charge is 2.42. The lowest BCUT2D eigenvalue weighted by atomic mass is 9.85. The van der Waals surface area contributed by atoms with E-state index in [9.17, 15) is 9.18 Å². The topological polar surface area (TPSA) is 45.2 Å². The van der Waals surface area contributed by atoms with E-state index < -0.39 is 5.54 Å². The zero-order valence-corrected chi connectivity index (χ0v) is 16.8. The van der Waals surface area contributed by atoms with E-state index in [2.05, 4.69) is 16.9 Å². The third kappa shape index (κ3) is 3.58. The molecule has 1 aliphatic rings. The van der Waals surface area contributed by atoms with Crippen molar-refractivity contribution in [1.29, 1.82) is 0 Å². The first kappa shape index (κ1) is 19.4. The van der Waals surface area contributed by atoms with Gasteiger partial charge in [-0.05, 0) is 54.8 Å². The maximum atomic E-state index is 13.4. The molecule has 4 nitrogen and oxygen atoms in total. The molecule has 0 spiro atoms. The van der Waals surface area contributed by atoms with Crippen LogP contribution in [0.5, 0.6) is 0 Å². The maximum Gasteiger partial charge on any atom is 0.246 e. The SMILES string of the molecule is C=CC(=O)N1CC[C@@](Nc2ccc3cc(F)cnc3c2)(c2cccc(Cl)c2C)C1. The van der Waals surface area contributed by atoms with Crippen LogP contribution in [-0.4, -0.2) is 28.9 Å². The molecule has 1 amide bonds. The number of halogens is 2. The van der Waals surface area contributed by atoms with E-state index in [1.807, 2.05) is 43.3 Å². The number of amides is 1. The third-order valence-electron chi connectivity index (χ3n) is 5.57. The van der Waals surface area contributed by atoms with Crippen molar-refractivity contribution in [3.8, 4) is 0 Å². The van der Waals surface area contributed by atoms with Crippen LogP contribution in [0.3, 0.4) is 0 Å². The second kappa shape index (κ2) is 7.48. The second-order valence-electron chi connectivity index (χ2n) is 7.39. The summed E-state index contributed by atoms with van der Waals surface area (Å²) in [6.07, 6.45) is 3.28. The number of benzene rings is 2. The number of aromatic nitrogens is 1. The van der Waals surface area contributed by atoms with Gasteiger partial charge >= 0.3 is 0 Å². The summed E-state index contributed by atoms with van der Waals surface area (Å²) in [5.74, 6) is -0.456. The van der Waals surface area contributed by atoms with Crippen LogP contribution in [0.25, 0.3) is 10.9 Å². The van der Waals surface area contributed by atoms with Crippen molar-refractivity contribution in [3.05, 3.63) is 83.3 Å². The Morgan fingerprint density at radius 1 is 1.34 bits per heavy atom. The Labute approximate surface area is 174 Å². The fourth-order valence-electron chi connectivity index (χ4n) is 4.09. The number of rotatable bonds is 4. The number of carbonyl (C=O) groups is 1. The van der Waals surface area contributed by atoms with Gasteiger partial charge in [-0.25, -0.2) is 4.39 Å². The Bertz CT molecular complexity index is 1120. The Balaban J connectivity index is 1.77. The molecule has 1 aliphatic heterocycles. The van der Waals surface area contributed by atoms with Crippen LogP contribution >= 0.6 is 11.6 Å². The van der Waals surface area contributed by atoms with Gasteiger partial charge < -0.3 is 10.2 Å². The van der Waals surface area contributed by atoms with Crippen molar-refractivity contribution in [2.75, 3.05) is 18.4 Å². The molecule has 1 fully saturated rings. The second-order valence-corrected chi connectivity index (χ2v) is 7.80. The molecule has 1 saturated heterocycles. The average Bonchev–Trinajstić information content (AvgIpc) is 3.14. The highest BCUT2D eigenvalue weighted by molar-refractivity contribution is 6.31. The summed E-state index contributed by atoms with van der Waals surface area (Å²) in [4.78, 5) is 18.2. The van der Waals surface area contributed by atoms with E-state index in [4.69, 9.17) is 11.6 Å². The molecule has 1 aromatic heterocycles. The molecule has 1 atom stereocenters. The molecule has 0 unspecified atom stereocenters. The summed E-state index contributed by atoms with van der Waals surface area (Å²) >= 11 is 6.41. The molecular formula is C23H21ClFN3O. The fourth-order valence-corrected chi connectivity index (χ4v) is 4.27. The van der Waals surface area contributed by atoms with Gasteiger partial charge in [0.2, 0.25) is 5.91 Å². The molecule has 2 aromatic carbocycles. The van der Waals surface area contributed by atoms with Crippen molar-refractivity contribution in [2.24, 2.45) is 0 Å². The van der Waals surface area contributed by atoms with Crippen molar-refractivity contribution >= 4 is 34.1 Å². The van der Waals surface area contributed by atoms with Gasteiger partial charge in [0, 0.05) is 29.2 Å². The first-order valence-corrected chi connectivity index (χ1v) is 9.80. The minimum Gasteiger partial charge on any atom is -0.374 e. The van der Waals surface area contributed by atoms with E-state index in [0.717, 1.165) is 28.6 Å². The van der Waals surface area contributed by atoms with Gasteiger partial charge in [0.1, 0.15) is 5.82 Å². The van der Waals surface area contributed by atoms with Crippen LogP contribution in [0, 0.1) is 12.7 Å². The lowest BCUT2D eigenvalue weighted by Crippen LogP contribution is -2.40. The van der Waals surface area contributed by atoms with E-state index in [0.29, 0.717) is 23.6 Å². The largest absolute Gasteiger partial charge is 0.374 e. The average molecular weight is 410 g/mol. The molecule has 0 bridgehead atoms. The summed E-state index contributed by atoms with van der Waals surface area (Å²) in [6.45, 7) is 6.71. The number of carbonyl (C=O) groups excluding carboxylic acids is 1. The van der Waals surface area contributed by atoms with Crippen LogP contribution in [-0.2, 0) is 10.3 Å². The van der Waals surface area contributed by atoms with Gasteiger partial charge in [-0.3, -0.25) is 9.78 Å². The molecule has 29 heavy (non-hydrogen) atoms. The Morgan fingerprint density at radius 3 is 2.97 bits per heavy atom. The van der Waals surface area contributed by atoms with Crippen molar-refractivity contribution in [1.82, 2.24) is 9.88 Å². The first-order valence-electron chi connectivity index (χ1n) is 9.42. The predicted octanol–water partition coefficient (Wildman–Crippen LogP) is 5.06. The van der Waals surface area contributed by atoms with E-state index in [1.165, 1.54) is 18.3 Å². The summed E-state index contributed by atoms with van der Waals surface area (Å²) in [5, 5.41) is 5.06. The molecule has 1 N–H and O–H groups in total. The fraction of sp³-hybridized carbons (Fsp3) is 0.217. The summed E-state index contributed by atoms with van der Waals surface area (Å²) in [7, 11) is 0. The monoisotopic (exact) mass is 409 g/mol. The molecule has 148 valence electrons. The number of fused-ring (bicyclic) bond motifs is 1. The molecule has 6 heteroatoms. The van der Waals surface area contributed by atoms with Gasteiger partial charge in [-0.1, -0.05) is 36.4 Å². The lowest BCUT2D eigenvalue weighted by Gasteiger charge is -2.34. The lowest BCUT2D eigenvalue weighted by molar-refractivity contribution is -0.125. The zero-order chi connectivity index (χ0) is 20.6. The van der Waals surface area contributed by atoms with Crippen molar-refractivity contribution in [3.63, 3.8) is 0 Å². The minimum atomic E-state index is -0.499. The molecule has 4 rings (SSSR count). The van der Waals surface area contributed by atoms with E-state index in [-0.39, 0.29) is 11.7 Å². The summed E-state index contributed by atoms with van der Waals surface area (Å²) in [5.41, 5.74) is 3.09. The third-order valence-corrected chi connectivity index (χ3v) is 5.98. The smallest absolute Gasteiger partial charge is 0.246 e. The standard InChI is InChI=1S/C23H21ClFN3O/c1-3-22(29)28-10-9-23(14-28,19-5-4-6-20(24)15(19)2)27-18-8-7-16-11-17(25)13-26-21(16)12-18/h3-8,11-13,27H,1,9-10,14H2,2H3/t23-/m0/s1. The van der Waals surface area contributed by atoms with Gasteiger partial charge in [-0.15, -0.1) is 0 Å². The van der Waals surface area contributed by atoms with Gasteiger partial charge in [0.25, 0.3) is 0 Å². The van der Waals surface area contributed by atoms with Gasteiger partial charge in [0.05, 0.1) is 17.3 Å². The van der Waals surface area contributed by atoms with Crippen molar-refractivity contribution < 1.29 is 9.18 Å². The normalized spacial score (nSPS) is 18.8. The highest BCUT2D eigenvalue weighted by atomic mass is 35.5. The highest BCUT2D eigenvalue weighted by Crippen LogP contribution is 2.39. The van der Waals surface area contributed by atoms with E-state index >= 15 is 0 Å². The number of hydrogen-bond acceptors (Lipinski definition) is 3. The number of anilines is 1. The molecule has 0 saturated carbocycles. The quantitative estimate of drug-likeness (QED) is 0.612. The number of likely N-dealkylation sites (tertiary alicyclic amines) is 1. The number of pyridine rings is 1. The summed E-state index contributed by atoms with van der Waals surface area (Å²) in [6, 6.07) is 12.9. The zero-order valence-electron chi connectivity index (χ0n) is 16.1. The van der Waals surface area contributed by atoms with Gasteiger partial charge in [-0.2, -0.15) is 0 Å². The van der Waals surface area contributed by atoms with Crippen LogP contribution in [0.2, 0.25) is 5.02 Å². The summed E-state index contributed by atoms with van der Waals surface area (Å²) < 4.78 is 13.4. The van der Waals surface area contributed by atoms with Crippen LogP contribution in [0.1, 0.15) is 17.5 Å².